The van der Waals surface area contributed by atoms with Crippen molar-refractivity contribution in [2.24, 2.45) is 0 Å². The van der Waals surface area contributed by atoms with Crippen LogP contribution in [0.1, 0.15) is 58.2 Å². The second-order valence-corrected chi connectivity index (χ2v) is 14.2. The minimum Gasteiger partial charge on any atom is -0.336 e. The van der Waals surface area contributed by atoms with Gasteiger partial charge in [-0.25, -0.2) is 9.97 Å². The molecule has 45 heavy (non-hydrogen) atoms. The van der Waals surface area contributed by atoms with Crippen molar-refractivity contribution in [3.8, 4) is 11.3 Å². The van der Waals surface area contributed by atoms with Crippen LogP contribution < -0.4 is 9.80 Å². The molecule has 5 rings (SSSR count). The highest BCUT2D eigenvalue weighted by Crippen LogP contribution is 2.40. The van der Waals surface area contributed by atoms with Gasteiger partial charge in [0, 0.05) is 85.0 Å². The summed E-state index contributed by atoms with van der Waals surface area (Å²) < 4.78 is 0. The molecule has 1 saturated heterocycles. The second kappa shape index (κ2) is 13.1. The standard InChI is InChI=1S/C38H49N7/c1-28-12-17-33(25-35(28)45(38(6,7)8)36-40-20-18-34(41-36)32-11-10-19-39-26-32)44(37(3,4)5)29(2)31-15-13-30(14-16-31)27-43-23-21-42(9)22-24-43/h10-20,25-26H,2,21-24,27H2,1,3-9H3. The van der Waals surface area contributed by atoms with E-state index in [-0.39, 0.29) is 11.1 Å². The Morgan fingerprint density at radius 2 is 1.58 bits per heavy atom. The number of benzene rings is 2. The molecule has 0 radical (unpaired) electrons. The Bertz CT molecular complexity index is 1590. The van der Waals surface area contributed by atoms with Crippen LogP contribution in [0.3, 0.4) is 0 Å². The fourth-order valence-electron chi connectivity index (χ4n) is 6.02. The average molecular weight is 604 g/mol. The SMILES string of the molecule is C=C(c1ccc(CN2CCN(C)CC2)cc1)N(c1ccc(C)c(N(c2nccc(-c3cccnc3)n2)C(C)(C)C)c1)C(C)(C)C. The molecule has 0 atom stereocenters. The summed E-state index contributed by atoms with van der Waals surface area (Å²) in [4.78, 5) is 23.6. The van der Waals surface area contributed by atoms with Crippen molar-refractivity contribution in [2.75, 3.05) is 43.0 Å². The van der Waals surface area contributed by atoms with Crippen LogP contribution in [0.4, 0.5) is 17.3 Å². The number of rotatable bonds is 8. The zero-order valence-electron chi connectivity index (χ0n) is 28.4. The van der Waals surface area contributed by atoms with Gasteiger partial charge in [0.25, 0.3) is 0 Å². The number of aryl methyl sites for hydroxylation is 1. The van der Waals surface area contributed by atoms with Crippen LogP contribution in [0, 0.1) is 6.92 Å². The third-order valence-corrected chi connectivity index (χ3v) is 8.39. The topological polar surface area (TPSA) is 51.6 Å². The molecule has 0 amide bonds. The molecule has 2 aromatic carbocycles. The van der Waals surface area contributed by atoms with E-state index >= 15 is 0 Å². The van der Waals surface area contributed by atoms with Gasteiger partial charge in [-0.3, -0.25) is 9.88 Å². The van der Waals surface area contributed by atoms with Crippen LogP contribution in [-0.4, -0.2) is 69.1 Å². The molecule has 0 aliphatic carbocycles. The Labute approximate surface area is 270 Å². The first-order chi connectivity index (χ1) is 21.3. The van der Waals surface area contributed by atoms with Crippen LogP contribution >= 0.6 is 0 Å². The van der Waals surface area contributed by atoms with Gasteiger partial charge >= 0.3 is 0 Å². The fraction of sp³-hybridized carbons (Fsp3) is 0.395. The number of pyridine rings is 1. The van der Waals surface area contributed by atoms with Gasteiger partial charge < -0.3 is 14.7 Å². The van der Waals surface area contributed by atoms with Crippen molar-refractivity contribution in [1.29, 1.82) is 0 Å². The maximum Gasteiger partial charge on any atom is 0.230 e. The summed E-state index contributed by atoms with van der Waals surface area (Å²) in [6.07, 6.45) is 5.45. The maximum absolute atomic E-state index is 5.02. The predicted molar refractivity (Wildman–Crippen MR) is 189 cm³/mol. The van der Waals surface area contributed by atoms with Gasteiger partial charge in [-0.15, -0.1) is 0 Å². The molecule has 236 valence electrons. The molecule has 0 unspecified atom stereocenters. The maximum atomic E-state index is 5.02. The normalized spacial score (nSPS) is 14.8. The van der Waals surface area contributed by atoms with Crippen LogP contribution in [-0.2, 0) is 6.54 Å². The van der Waals surface area contributed by atoms with Gasteiger partial charge in [0.15, 0.2) is 0 Å². The molecule has 2 aromatic heterocycles. The lowest BCUT2D eigenvalue weighted by molar-refractivity contribution is 0.148. The number of piperazine rings is 1. The number of likely N-dealkylation sites (N-methyl/N-ethyl adjacent to an activating group) is 1. The Morgan fingerprint density at radius 1 is 0.867 bits per heavy atom. The molecule has 7 nitrogen and oxygen atoms in total. The first-order valence-corrected chi connectivity index (χ1v) is 15.9. The summed E-state index contributed by atoms with van der Waals surface area (Å²) in [5.74, 6) is 0.654. The minimum absolute atomic E-state index is 0.217. The summed E-state index contributed by atoms with van der Waals surface area (Å²) in [5.41, 5.74) is 8.02. The highest BCUT2D eigenvalue weighted by atomic mass is 15.3. The van der Waals surface area contributed by atoms with Crippen LogP contribution in [0.15, 0.2) is 85.8 Å². The molecule has 1 aliphatic heterocycles. The Hall–Kier alpha value is -4.07. The van der Waals surface area contributed by atoms with Crippen molar-refractivity contribution in [2.45, 2.75) is 66.1 Å². The van der Waals surface area contributed by atoms with Gasteiger partial charge in [0.05, 0.1) is 5.69 Å². The first-order valence-electron chi connectivity index (χ1n) is 15.9. The highest BCUT2D eigenvalue weighted by molar-refractivity contribution is 5.82. The highest BCUT2D eigenvalue weighted by Gasteiger charge is 2.30. The van der Waals surface area contributed by atoms with E-state index in [1.807, 2.05) is 30.6 Å². The largest absolute Gasteiger partial charge is 0.336 e. The summed E-state index contributed by atoms with van der Waals surface area (Å²) in [5, 5.41) is 0. The van der Waals surface area contributed by atoms with E-state index in [0.717, 1.165) is 72.2 Å². The zero-order chi connectivity index (χ0) is 32.4. The van der Waals surface area contributed by atoms with Gasteiger partial charge in [-0.1, -0.05) is 36.9 Å². The van der Waals surface area contributed by atoms with E-state index in [4.69, 9.17) is 9.97 Å². The van der Waals surface area contributed by atoms with E-state index in [1.165, 1.54) is 5.56 Å². The lowest BCUT2D eigenvalue weighted by Gasteiger charge is -2.41. The molecule has 4 aromatic rings. The minimum atomic E-state index is -0.292. The molecule has 1 fully saturated rings. The van der Waals surface area contributed by atoms with Crippen molar-refractivity contribution >= 4 is 23.0 Å². The van der Waals surface area contributed by atoms with Crippen molar-refractivity contribution in [1.82, 2.24) is 24.8 Å². The third-order valence-electron chi connectivity index (χ3n) is 8.39. The summed E-state index contributed by atoms with van der Waals surface area (Å²) in [6, 6.07) is 21.5. The smallest absolute Gasteiger partial charge is 0.230 e. The van der Waals surface area contributed by atoms with E-state index in [1.54, 1.807) is 6.20 Å². The van der Waals surface area contributed by atoms with Gasteiger partial charge in [0.1, 0.15) is 0 Å². The van der Waals surface area contributed by atoms with Crippen molar-refractivity contribution in [3.05, 3.63) is 103 Å². The molecule has 0 saturated carbocycles. The summed E-state index contributed by atoms with van der Waals surface area (Å²) >= 11 is 0. The summed E-state index contributed by atoms with van der Waals surface area (Å²) in [7, 11) is 2.20. The van der Waals surface area contributed by atoms with Crippen molar-refractivity contribution < 1.29 is 0 Å². The Morgan fingerprint density at radius 3 is 2.20 bits per heavy atom. The Balaban J connectivity index is 1.48. The molecule has 0 bridgehead atoms. The lowest BCUT2D eigenvalue weighted by atomic mass is 9.98. The lowest BCUT2D eigenvalue weighted by Crippen LogP contribution is -2.43. The molecule has 0 N–H and O–H groups in total. The monoisotopic (exact) mass is 603 g/mol. The molecule has 0 spiro atoms. The molecule has 1 aliphatic rings. The number of nitrogens with zero attached hydrogens (tertiary/aromatic N) is 7. The number of hydrogen-bond acceptors (Lipinski definition) is 7. The average Bonchev–Trinajstić information content (AvgIpc) is 2.99. The second-order valence-electron chi connectivity index (χ2n) is 14.2. The number of anilines is 3. The van der Waals surface area contributed by atoms with E-state index in [9.17, 15) is 0 Å². The van der Waals surface area contributed by atoms with Crippen LogP contribution in [0.25, 0.3) is 17.0 Å². The zero-order valence-corrected chi connectivity index (χ0v) is 28.4. The van der Waals surface area contributed by atoms with E-state index in [0.29, 0.717) is 5.95 Å². The van der Waals surface area contributed by atoms with E-state index in [2.05, 4.69) is 129 Å². The van der Waals surface area contributed by atoms with Gasteiger partial charge in [-0.2, -0.15) is 0 Å². The molecule has 7 heteroatoms. The first kappa shape index (κ1) is 32.3. The quantitative estimate of drug-likeness (QED) is 0.204. The molecule has 3 heterocycles. The number of aromatic nitrogens is 3. The number of hydrogen-bond donors (Lipinski definition) is 0. The van der Waals surface area contributed by atoms with Gasteiger partial charge in [-0.05, 0) is 103 Å². The Kier molecular flexibility index (Phi) is 9.42. The van der Waals surface area contributed by atoms with E-state index < -0.39 is 0 Å². The molecular formula is C38H49N7. The van der Waals surface area contributed by atoms with Crippen LogP contribution in [0.5, 0.6) is 0 Å². The van der Waals surface area contributed by atoms with Crippen molar-refractivity contribution in [3.63, 3.8) is 0 Å². The third kappa shape index (κ3) is 7.60. The predicted octanol–water partition coefficient (Wildman–Crippen LogP) is 7.81. The fourth-order valence-corrected chi connectivity index (χ4v) is 6.02. The van der Waals surface area contributed by atoms with Crippen LogP contribution in [0.2, 0.25) is 0 Å². The summed E-state index contributed by atoms with van der Waals surface area (Å²) in [6.45, 7) is 25.6. The van der Waals surface area contributed by atoms with Gasteiger partial charge in [0.2, 0.25) is 5.95 Å². The molecular weight excluding hydrogens is 554 g/mol.